The van der Waals surface area contributed by atoms with Crippen molar-refractivity contribution in [1.29, 1.82) is 0 Å². The van der Waals surface area contributed by atoms with E-state index in [1.807, 2.05) is 31.2 Å². The monoisotopic (exact) mass is 329 g/mol. The number of carbonyl (C=O) groups excluding carboxylic acids is 1. The van der Waals surface area contributed by atoms with Crippen LogP contribution in [-0.2, 0) is 12.1 Å². The maximum absolute atomic E-state index is 12.0. The lowest BCUT2D eigenvalue weighted by Crippen LogP contribution is -2.48. The van der Waals surface area contributed by atoms with Crippen molar-refractivity contribution in [2.45, 2.75) is 44.7 Å². The highest BCUT2D eigenvalue weighted by Gasteiger charge is 2.42. The molecule has 1 heterocycles. The standard InChI is InChI=1S/C17H23N5O2/c1-2-19-16(23)21-17(9-3-4-10-17)15-20-14(22-24-15)13-7-5-12(11-18)6-8-13/h5-8H,2-4,9-11,18H2,1H3,(H2,19,21,23). The number of nitrogens with two attached hydrogens (primary N) is 1. The van der Waals surface area contributed by atoms with Gasteiger partial charge in [-0.2, -0.15) is 4.98 Å². The lowest BCUT2D eigenvalue weighted by atomic mass is 9.97. The van der Waals surface area contributed by atoms with Gasteiger partial charge in [-0.3, -0.25) is 0 Å². The fourth-order valence-electron chi connectivity index (χ4n) is 3.12. The lowest BCUT2D eigenvalue weighted by molar-refractivity contribution is 0.205. The zero-order valence-electron chi connectivity index (χ0n) is 13.8. The molecular formula is C17H23N5O2. The molecule has 0 bridgehead atoms. The molecule has 2 aromatic rings. The normalized spacial score (nSPS) is 16.1. The van der Waals surface area contributed by atoms with Gasteiger partial charge in [-0.05, 0) is 25.3 Å². The number of rotatable bonds is 5. The smallest absolute Gasteiger partial charge is 0.315 e. The molecule has 24 heavy (non-hydrogen) atoms. The van der Waals surface area contributed by atoms with Crippen molar-refractivity contribution < 1.29 is 9.32 Å². The van der Waals surface area contributed by atoms with E-state index in [1.165, 1.54) is 0 Å². The van der Waals surface area contributed by atoms with Crippen LogP contribution in [0, 0.1) is 0 Å². The summed E-state index contributed by atoms with van der Waals surface area (Å²) in [5, 5.41) is 9.89. The van der Waals surface area contributed by atoms with E-state index in [0.717, 1.165) is 36.8 Å². The molecule has 1 aliphatic carbocycles. The van der Waals surface area contributed by atoms with Crippen LogP contribution >= 0.6 is 0 Å². The summed E-state index contributed by atoms with van der Waals surface area (Å²) in [4.78, 5) is 16.6. The highest BCUT2D eigenvalue weighted by molar-refractivity contribution is 5.74. The number of hydrogen-bond donors (Lipinski definition) is 3. The van der Waals surface area contributed by atoms with E-state index < -0.39 is 5.54 Å². The molecule has 128 valence electrons. The predicted molar refractivity (Wildman–Crippen MR) is 90.0 cm³/mol. The third-order valence-corrected chi connectivity index (χ3v) is 4.43. The Morgan fingerprint density at radius 1 is 1.29 bits per heavy atom. The van der Waals surface area contributed by atoms with Crippen molar-refractivity contribution in [3.8, 4) is 11.4 Å². The quantitative estimate of drug-likeness (QED) is 0.780. The fourth-order valence-corrected chi connectivity index (χ4v) is 3.12. The van der Waals surface area contributed by atoms with Gasteiger partial charge in [0, 0.05) is 18.7 Å². The molecule has 3 rings (SSSR count). The molecule has 0 unspecified atom stereocenters. The largest absolute Gasteiger partial charge is 0.338 e. The van der Waals surface area contributed by atoms with Crippen LogP contribution in [0.1, 0.15) is 44.1 Å². The number of benzene rings is 1. The van der Waals surface area contributed by atoms with Gasteiger partial charge in [0.2, 0.25) is 5.82 Å². The van der Waals surface area contributed by atoms with Crippen molar-refractivity contribution in [3.63, 3.8) is 0 Å². The Hall–Kier alpha value is -2.41. The summed E-state index contributed by atoms with van der Waals surface area (Å²) in [5.74, 6) is 1.00. The lowest BCUT2D eigenvalue weighted by Gasteiger charge is -2.26. The molecule has 1 fully saturated rings. The molecule has 2 amide bonds. The number of carbonyl (C=O) groups is 1. The minimum atomic E-state index is -0.568. The fraction of sp³-hybridized carbons (Fsp3) is 0.471. The van der Waals surface area contributed by atoms with Crippen LogP contribution in [0.2, 0.25) is 0 Å². The first-order valence-corrected chi connectivity index (χ1v) is 8.36. The SMILES string of the molecule is CCNC(=O)NC1(c2nc(-c3ccc(CN)cc3)no2)CCCC1. The molecule has 7 nitrogen and oxygen atoms in total. The van der Waals surface area contributed by atoms with E-state index in [4.69, 9.17) is 10.3 Å². The minimum absolute atomic E-state index is 0.202. The first-order valence-electron chi connectivity index (χ1n) is 8.36. The van der Waals surface area contributed by atoms with E-state index in [9.17, 15) is 4.79 Å². The van der Waals surface area contributed by atoms with Crippen molar-refractivity contribution in [3.05, 3.63) is 35.7 Å². The maximum Gasteiger partial charge on any atom is 0.315 e. The molecule has 1 aromatic carbocycles. The molecule has 1 saturated carbocycles. The van der Waals surface area contributed by atoms with E-state index >= 15 is 0 Å². The number of urea groups is 1. The Morgan fingerprint density at radius 2 is 2.00 bits per heavy atom. The van der Waals surface area contributed by atoms with Crippen molar-refractivity contribution >= 4 is 6.03 Å². The summed E-state index contributed by atoms with van der Waals surface area (Å²) >= 11 is 0. The van der Waals surface area contributed by atoms with Crippen LogP contribution in [0.4, 0.5) is 4.79 Å². The van der Waals surface area contributed by atoms with Gasteiger partial charge < -0.3 is 20.9 Å². The number of hydrogen-bond acceptors (Lipinski definition) is 5. The summed E-state index contributed by atoms with van der Waals surface area (Å²) in [5.41, 5.74) is 6.97. The van der Waals surface area contributed by atoms with Gasteiger partial charge in [-0.1, -0.05) is 42.3 Å². The molecule has 1 aromatic heterocycles. The van der Waals surface area contributed by atoms with Gasteiger partial charge in [-0.25, -0.2) is 4.79 Å². The third kappa shape index (κ3) is 3.26. The van der Waals surface area contributed by atoms with Gasteiger partial charge in [0.1, 0.15) is 5.54 Å². The number of nitrogens with one attached hydrogen (secondary N) is 2. The predicted octanol–water partition coefficient (Wildman–Crippen LogP) is 2.28. The van der Waals surface area contributed by atoms with Crippen LogP contribution in [-0.4, -0.2) is 22.7 Å². The first-order chi connectivity index (χ1) is 11.7. The molecule has 7 heteroatoms. The van der Waals surface area contributed by atoms with Gasteiger partial charge >= 0.3 is 6.03 Å². The molecule has 0 atom stereocenters. The van der Waals surface area contributed by atoms with E-state index in [-0.39, 0.29) is 6.03 Å². The van der Waals surface area contributed by atoms with Crippen LogP contribution < -0.4 is 16.4 Å². The zero-order valence-corrected chi connectivity index (χ0v) is 13.8. The highest BCUT2D eigenvalue weighted by Crippen LogP contribution is 2.38. The molecule has 4 N–H and O–H groups in total. The van der Waals surface area contributed by atoms with Gasteiger partial charge in [0.15, 0.2) is 0 Å². The Bertz CT molecular complexity index is 689. The molecule has 0 aliphatic heterocycles. The van der Waals surface area contributed by atoms with E-state index in [0.29, 0.717) is 24.8 Å². The van der Waals surface area contributed by atoms with E-state index in [2.05, 4.69) is 20.8 Å². The summed E-state index contributed by atoms with van der Waals surface area (Å²) in [6.45, 7) is 2.96. The second kappa shape index (κ2) is 7.00. The zero-order chi connectivity index (χ0) is 17.0. The second-order valence-corrected chi connectivity index (χ2v) is 6.10. The van der Waals surface area contributed by atoms with Gasteiger partial charge in [0.25, 0.3) is 5.89 Å². The number of amides is 2. The summed E-state index contributed by atoms with van der Waals surface area (Å²) in [7, 11) is 0. The van der Waals surface area contributed by atoms with Crippen molar-refractivity contribution in [2.24, 2.45) is 5.73 Å². The van der Waals surface area contributed by atoms with Crippen molar-refractivity contribution in [1.82, 2.24) is 20.8 Å². The molecule has 0 radical (unpaired) electrons. The second-order valence-electron chi connectivity index (χ2n) is 6.10. The summed E-state index contributed by atoms with van der Waals surface area (Å²) in [6, 6.07) is 7.55. The topological polar surface area (TPSA) is 106 Å². The molecular weight excluding hydrogens is 306 g/mol. The Morgan fingerprint density at radius 3 is 2.62 bits per heavy atom. The minimum Gasteiger partial charge on any atom is -0.338 e. The Kier molecular flexibility index (Phi) is 4.80. The summed E-state index contributed by atoms with van der Waals surface area (Å²) < 4.78 is 5.51. The molecule has 1 aliphatic rings. The first kappa shape index (κ1) is 16.4. The highest BCUT2D eigenvalue weighted by atomic mass is 16.5. The third-order valence-electron chi connectivity index (χ3n) is 4.43. The van der Waals surface area contributed by atoms with Gasteiger partial charge in [0.05, 0.1) is 0 Å². The molecule has 0 saturated heterocycles. The summed E-state index contributed by atoms with van der Waals surface area (Å²) in [6.07, 6.45) is 3.65. The maximum atomic E-state index is 12.0. The average molecular weight is 329 g/mol. The van der Waals surface area contributed by atoms with Crippen LogP contribution in [0.5, 0.6) is 0 Å². The Labute approximate surface area is 141 Å². The van der Waals surface area contributed by atoms with Crippen LogP contribution in [0.25, 0.3) is 11.4 Å². The van der Waals surface area contributed by atoms with E-state index in [1.54, 1.807) is 0 Å². The average Bonchev–Trinajstić information content (AvgIpc) is 3.25. The molecule has 0 spiro atoms. The number of nitrogens with zero attached hydrogens (tertiary/aromatic N) is 2. The van der Waals surface area contributed by atoms with Crippen LogP contribution in [0.3, 0.4) is 0 Å². The van der Waals surface area contributed by atoms with Crippen molar-refractivity contribution in [2.75, 3.05) is 6.54 Å². The van der Waals surface area contributed by atoms with Crippen LogP contribution in [0.15, 0.2) is 28.8 Å². The Balaban J connectivity index is 1.84. The number of aromatic nitrogens is 2. The van der Waals surface area contributed by atoms with Gasteiger partial charge in [-0.15, -0.1) is 0 Å².